The van der Waals surface area contributed by atoms with Gasteiger partial charge in [-0.2, -0.15) is 0 Å². The van der Waals surface area contributed by atoms with Crippen LogP contribution in [0.4, 0.5) is 5.82 Å². The molecule has 0 atom stereocenters. The molecule has 0 saturated heterocycles. The van der Waals surface area contributed by atoms with Gasteiger partial charge in [0.25, 0.3) is 0 Å². The molecule has 0 aliphatic heterocycles. The van der Waals surface area contributed by atoms with Crippen molar-refractivity contribution < 1.29 is 8.42 Å². The van der Waals surface area contributed by atoms with Crippen molar-refractivity contribution in [1.82, 2.24) is 4.98 Å². The van der Waals surface area contributed by atoms with E-state index in [0.717, 1.165) is 6.26 Å². The van der Waals surface area contributed by atoms with E-state index in [9.17, 15) is 8.42 Å². The van der Waals surface area contributed by atoms with Crippen molar-refractivity contribution in [3.05, 3.63) is 22.8 Å². The first-order chi connectivity index (χ1) is 5.49. The Morgan fingerprint density at radius 3 is 2.75 bits per heavy atom. The molecule has 0 aromatic carbocycles. The second-order valence-electron chi connectivity index (χ2n) is 2.21. The second-order valence-corrected chi connectivity index (χ2v) is 4.81. The summed E-state index contributed by atoms with van der Waals surface area (Å²) in [5.41, 5.74) is 0. The summed E-state index contributed by atoms with van der Waals surface area (Å²) in [7, 11) is -3.24. The van der Waals surface area contributed by atoms with E-state index in [1.807, 2.05) is 0 Å². The molecule has 1 aromatic rings. The smallest absolute Gasteiger partial charge is 0.231 e. The van der Waals surface area contributed by atoms with Gasteiger partial charge in [-0.05, 0) is 28.1 Å². The maximum atomic E-state index is 10.8. The Morgan fingerprint density at radius 1 is 1.58 bits per heavy atom. The molecule has 0 aliphatic rings. The lowest BCUT2D eigenvalue weighted by molar-refractivity contribution is 0.606. The quantitative estimate of drug-likeness (QED) is 0.859. The van der Waals surface area contributed by atoms with Gasteiger partial charge >= 0.3 is 0 Å². The average Bonchev–Trinajstić information content (AvgIpc) is 1.91. The highest BCUT2D eigenvalue weighted by molar-refractivity contribution is 9.10. The zero-order valence-electron chi connectivity index (χ0n) is 6.28. The van der Waals surface area contributed by atoms with Gasteiger partial charge in [-0.25, -0.2) is 13.4 Å². The molecule has 1 N–H and O–H groups in total. The van der Waals surface area contributed by atoms with Crippen LogP contribution < -0.4 is 4.72 Å². The second kappa shape index (κ2) is 3.40. The molecule has 0 radical (unpaired) electrons. The van der Waals surface area contributed by atoms with Gasteiger partial charge in [-0.3, -0.25) is 4.72 Å². The van der Waals surface area contributed by atoms with E-state index in [-0.39, 0.29) is 0 Å². The Kier molecular flexibility index (Phi) is 2.69. The van der Waals surface area contributed by atoms with Gasteiger partial charge in [0.1, 0.15) is 0 Å². The number of pyridine rings is 1. The third-order valence-corrected chi connectivity index (χ3v) is 2.24. The van der Waals surface area contributed by atoms with Crippen LogP contribution >= 0.6 is 15.9 Å². The molecule has 0 spiro atoms. The molecule has 1 rings (SSSR count). The van der Waals surface area contributed by atoms with E-state index in [4.69, 9.17) is 0 Å². The Hall–Kier alpha value is -0.620. The van der Waals surface area contributed by atoms with Crippen molar-refractivity contribution >= 4 is 31.8 Å². The van der Waals surface area contributed by atoms with E-state index in [1.54, 1.807) is 12.1 Å². The lowest BCUT2D eigenvalue weighted by Crippen LogP contribution is -2.10. The van der Waals surface area contributed by atoms with Crippen LogP contribution in [-0.4, -0.2) is 19.7 Å². The van der Waals surface area contributed by atoms with E-state index in [1.165, 1.54) is 6.20 Å². The maximum Gasteiger partial charge on any atom is 0.231 e. The fourth-order valence-electron chi connectivity index (χ4n) is 0.636. The van der Waals surface area contributed by atoms with E-state index >= 15 is 0 Å². The lowest BCUT2D eigenvalue weighted by atomic mass is 10.5. The Morgan fingerprint density at radius 2 is 2.25 bits per heavy atom. The summed E-state index contributed by atoms with van der Waals surface area (Å²) in [4.78, 5) is 3.83. The van der Waals surface area contributed by atoms with Gasteiger partial charge in [-0.15, -0.1) is 0 Å². The molecule has 6 heteroatoms. The summed E-state index contributed by atoms with van der Waals surface area (Å²) < 4.78 is 24.4. The van der Waals surface area contributed by atoms with Crippen molar-refractivity contribution in [1.29, 1.82) is 0 Å². The normalized spacial score (nSPS) is 11.2. The number of hydrogen-bond donors (Lipinski definition) is 1. The van der Waals surface area contributed by atoms with Crippen LogP contribution in [0.1, 0.15) is 0 Å². The van der Waals surface area contributed by atoms with E-state index in [2.05, 4.69) is 25.6 Å². The van der Waals surface area contributed by atoms with Gasteiger partial charge in [0.05, 0.1) is 10.7 Å². The highest BCUT2D eigenvalue weighted by atomic mass is 79.9. The minimum atomic E-state index is -3.24. The van der Waals surface area contributed by atoms with Crippen molar-refractivity contribution in [2.75, 3.05) is 11.0 Å². The van der Waals surface area contributed by atoms with Crippen LogP contribution in [0.3, 0.4) is 0 Å². The van der Waals surface area contributed by atoms with E-state index < -0.39 is 10.0 Å². The molecule has 4 nitrogen and oxygen atoms in total. The van der Waals surface area contributed by atoms with Crippen LogP contribution in [0, 0.1) is 0 Å². The van der Waals surface area contributed by atoms with E-state index in [0.29, 0.717) is 10.3 Å². The summed E-state index contributed by atoms with van der Waals surface area (Å²) in [6.45, 7) is 0. The van der Waals surface area contributed by atoms with Crippen LogP contribution in [0.25, 0.3) is 0 Å². The monoisotopic (exact) mass is 250 g/mol. The first kappa shape index (κ1) is 9.47. The molecule has 0 unspecified atom stereocenters. The number of sulfonamides is 1. The summed E-state index contributed by atoms with van der Waals surface area (Å²) in [5.74, 6) is 0.306. The first-order valence-corrected chi connectivity index (χ1v) is 5.76. The molecular weight excluding hydrogens is 244 g/mol. The number of hydrogen-bond acceptors (Lipinski definition) is 3. The summed E-state index contributed by atoms with van der Waals surface area (Å²) >= 11 is 3.16. The highest BCUT2D eigenvalue weighted by Crippen LogP contribution is 2.18. The van der Waals surface area contributed by atoms with Crippen LogP contribution in [0.2, 0.25) is 0 Å². The summed E-state index contributed by atoms with van der Waals surface area (Å²) in [6.07, 6.45) is 2.59. The van der Waals surface area contributed by atoms with Crippen LogP contribution in [-0.2, 0) is 10.0 Å². The zero-order valence-corrected chi connectivity index (χ0v) is 8.68. The molecular formula is C6H7BrN2O2S. The number of rotatable bonds is 2. The Labute approximate surface area is 79.2 Å². The van der Waals surface area contributed by atoms with Crippen LogP contribution in [0.15, 0.2) is 22.8 Å². The largest absolute Gasteiger partial charge is 0.267 e. The molecule has 12 heavy (non-hydrogen) atoms. The molecule has 0 fully saturated rings. The summed E-state index contributed by atoms with van der Waals surface area (Å²) in [6, 6.07) is 3.41. The zero-order chi connectivity index (χ0) is 9.19. The predicted octanol–water partition coefficient (Wildman–Crippen LogP) is 1.22. The first-order valence-electron chi connectivity index (χ1n) is 3.07. The summed E-state index contributed by atoms with van der Waals surface area (Å²) in [5, 5.41) is 0. The van der Waals surface area contributed by atoms with Gasteiger partial charge in [0.15, 0.2) is 5.82 Å². The third-order valence-electron chi connectivity index (χ3n) is 1.04. The molecule has 0 aliphatic carbocycles. The van der Waals surface area contributed by atoms with Crippen LogP contribution in [0.5, 0.6) is 0 Å². The van der Waals surface area contributed by atoms with Gasteiger partial charge in [0, 0.05) is 6.20 Å². The molecule has 0 saturated carbocycles. The van der Waals surface area contributed by atoms with Crippen molar-refractivity contribution in [3.8, 4) is 0 Å². The molecule has 66 valence electrons. The topological polar surface area (TPSA) is 59.1 Å². The predicted molar refractivity (Wildman–Crippen MR) is 50.4 cm³/mol. The number of anilines is 1. The Bertz CT molecular complexity index is 377. The van der Waals surface area contributed by atoms with Gasteiger partial charge < -0.3 is 0 Å². The number of halogens is 1. The molecule has 1 aromatic heterocycles. The van der Waals surface area contributed by atoms with Crippen molar-refractivity contribution in [3.63, 3.8) is 0 Å². The van der Waals surface area contributed by atoms with Gasteiger partial charge in [0.2, 0.25) is 10.0 Å². The fraction of sp³-hybridized carbons (Fsp3) is 0.167. The molecule has 0 amide bonds. The number of aromatic nitrogens is 1. The van der Waals surface area contributed by atoms with Crippen molar-refractivity contribution in [2.45, 2.75) is 0 Å². The third kappa shape index (κ3) is 2.78. The fourth-order valence-corrected chi connectivity index (χ4v) is 1.64. The highest BCUT2D eigenvalue weighted by Gasteiger charge is 2.05. The SMILES string of the molecule is CS(=O)(=O)Nc1ncccc1Br. The Balaban J connectivity index is 2.98. The maximum absolute atomic E-state index is 10.8. The standard InChI is InChI=1S/C6H7BrN2O2S/c1-12(10,11)9-6-5(7)3-2-4-8-6/h2-4H,1H3,(H,8,9). The van der Waals surface area contributed by atoms with Gasteiger partial charge in [-0.1, -0.05) is 0 Å². The minimum Gasteiger partial charge on any atom is -0.267 e. The molecule has 1 heterocycles. The minimum absolute atomic E-state index is 0.306. The number of nitrogens with zero attached hydrogens (tertiary/aromatic N) is 1. The average molecular weight is 251 g/mol. The molecule has 0 bridgehead atoms. The lowest BCUT2D eigenvalue weighted by Gasteiger charge is -2.03. The van der Waals surface area contributed by atoms with Crippen molar-refractivity contribution in [2.24, 2.45) is 0 Å². The number of nitrogens with one attached hydrogen (secondary N) is 1.